The van der Waals surface area contributed by atoms with Crippen LogP contribution in [0, 0.1) is 5.95 Å². The van der Waals surface area contributed by atoms with Crippen molar-refractivity contribution in [2.75, 3.05) is 6.54 Å². The lowest BCUT2D eigenvalue weighted by atomic mass is 10.0. The Morgan fingerprint density at radius 2 is 1.43 bits per heavy atom. The fourth-order valence-electron chi connectivity index (χ4n) is 4.51. The maximum Gasteiger partial charge on any atom is 0.326 e. The number of hydrogen-bond acceptors (Lipinski definition) is 7. The molecule has 0 aliphatic carbocycles. The number of rotatable bonds is 17. The third-order valence-corrected chi connectivity index (χ3v) is 6.94. The number of carboxylic acids is 3. The summed E-state index contributed by atoms with van der Waals surface area (Å²) in [5.74, 6) is -5.99. The second kappa shape index (κ2) is 17.0. The van der Waals surface area contributed by atoms with E-state index in [0.717, 1.165) is 28.6 Å². The molecule has 1 heterocycles. The summed E-state index contributed by atoms with van der Waals surface area (Å²) < 4.78 is 13.2. The van der Waals surface area contributed by atoms with Crippen LogP contribution in [0.2, 0.25) is 0 Å². The molecule has 0 bridgehead atoms. The second-order valence-corrected chi connectivity index (χ2v) is 10.4. The van der Waals surface area contributed by atoms with Gasteiger partial charge >= 0.3 is 23.9 Å². The van der Waals surface area contributed by atoms with Crippen LogP contribution in [0.25, 0.3) is 10.8 Å². The molecule has 1 aromatic heterocycles. The first-order chi connectivity index (χ1) is 21.9. The van der Waals surface area contributed by atoms with Gasteiger partial charge in [0.05, 0.1) is 5.56 Å². The van der Waals surface area contributed by atoms with Crippen molar-refractivity contribution in [2.24, 2.45) is 0 Å². The maximum absolute atomic E-state index is 13.2. The number of pyridine rings is 1. The number of urea groups is 1. The van der Waals surface area contributed by atoms with Gasteiger partial charge in [0.25, 0.3) is 5.91 Å². The van der Waals surface area contributed by atoms with Gasteiger partial charge in [0.15, 0.2) is 0 Å². The summed E-state index contributed by atoms with van der Waals surface area (Å²) in [6.45, 7) is 0.107. The molecule has 0 fully saturated rings. The molecular weight excluding hydrogens is 605 g/mol. The van der Waals surface area contributed by atoms with Crippen LogP contribution in [0.5, 0.6) is 0 Å². The van der Waals surface area contributed by atoms with Crippen LogP contribution < -0.4 is 21.3 Å². The van der Waals surface area contributed by atoms with Crippen molar-refractivity contribution >= 4 is 46.5 Å². The van der Waals surface area contributed by atoms with Gasteiger partial charge in [0.2, 0.25) is 11.9 Å². The summed E-state index contributed by atoms with van der Waals surface area (Å²) in [6.07, 6.45) is 0.776. The van der Waals surface area contributed by atoms with Crippen molar-refractivity contribution in [3.63, 3.8) is 0 Å². The molecule has 0 saturated carbocycles. The van der Waals surface area contributed by atoms with E-state index < -0.39 is 72.7 Å². The highest BCUT2D eigenvalue weighted by Crippen LogP contribution is 2.17. The zero-order valence-electron chi connectivity index (χ0n) is 24.6. The molecule has 244 valence electrons. The number of amides is 4. The molecule has 4 amide bonds. The van der Waals surface area contributed by atoms with Crippen LogP contribution in [-0.4, -0.2) is 80.7 Å². The molecule has 15 heteroatoms. The quantitative estimate of drug-likeness (QED) is 0.0841. The van der Waals surface area contributed by atoms with E-state index >= 15 is 0 Å². The summed E-state index contributed by atoms with van der Waals surface area (Å²) in [7, 11) is 0. The topological polar surface area (TPSA) is 224 Å². The first-order valence-electron chi connectivity index (χ1n) is 14.3. The Kier molecular flexibility index (Phi) is 12.9. The highest BCUT2D eigenvalue weighted by molar-refractivity contribution is 5.97. The SMILES string of the molecule is O=C(O)CCC(NC(=O)NC(CCCCNC(=O)C(Cc1ccc2ccccc2c1)NC(=O)c1ccc(F)nc1)C(=O)O)C(=O)O. The van der Waals surface area contributed by atoms with Crippen LogP contribution in [0.4, 0.5) is 9.18 Å². The zero-order valence-corrected chi connectivity index (χ0v) is 24.6. The molecule has 0 spiro atoms. The average molecular weight is 640 g/mol. The maximum atomic E-state index is 13.2. The molecule has 3 rings (SSSR count). The Bertz CT molecular complexity index is 1570. The summed E-state index contributed by atoms with van der Waals surface area (Å²) in [5, 5.41) is 39.0. The number of hydrogen-bond donors (Lipinski definition) is 7. The van der Waals surface area contributed by atoms with Gasteiger partial charge in [-0.15, -0.1) is 0 Å². The van der Waals surface area contributed by atoms with Crippen molar-refractivity contribution in [3.8, 4) is 0 Å². The number of nitrogens with zero attached hydrogens (tertiary/aromatic N) is 1. The highest BCUT2D eigenvalue weighted by Gasteiger charge is 2.25. The summed E-state index contributed by atoms with van der Waals surface area (Å²) in [4.78, 5) is 75.3. The predicted molar refractivity (Wildman–Crippen MR) is 161 cm³/mol. The molecule has 46 heavy (non-hydrogen) atoms. The lowest BCUT2D eigenvalue weighted by Crippen LogP contribution is -2.51. The molecular formula is C31H34FN5O9. The lowest BCUT2D eigenvalue weighted by Gasteiger charge is -2.20. The number of aromatic nitrogens is 1. The molecule has 0 radical (unpaired) electrons. The number of nitrogens with one attached hydrogen (secondary N) is 4. The van der Waals surface area contributed by atoms with Crippen LogP contribution in [0.15, 0.2) is 60.8 Å². The molecule has 0 aliphatic rings. The second-order valence-electron chi connectivity index (χ2n) is 10.4. The fourth-order valence-corrected chi connectivity index (χ4v) is 4.51. The van der Waals surface area contributed by atoms with E-state index in [2.05, 4.69) is 26.3 Å². The van der Waals surface area contributed by atoms with Gasteiger partial charge in [-0.2, -0.15) is 4.39 Å². The Morgan fingerprint density at radius 1 is 0.761 bits per heavy atom. The third-order valence-electron chi connectivity index (χ3n) is 6.94. The van der Waals surface area contributed by atoms with E-state index in [4.69, 9.17) is 5.11 Å². The van der Waals surface area contributed by atoms with Gasteiger partial charge in [-0.25, -0.2) is 19.4 Å². The van der Waals surface area contributed by atoms with Crippen molar-refractivity contribution in [1.29, 1.82) is 0 Å². The average Bonchev–Trinajstić information content (AvgIpc) is 3.01. The van der Waals surface area contributed by atoms with E-state index in [1.165, 1.54) is 6.07 Å². The van der Waals surface area contributed by atoms with Gasteiger partial charge in [-0.05, 0) is 54.2 Å². The van der Waals surface area contributed by atoms with Crippen LogP contribution >= 0.6 is 0 Å². The van der Waals surface area contributed by atoms with Crippen LogP contribution in [-0.2, 0) is 25.6 Å². The highest BCUT2D eigenvalue weighted by atomic mass is 19.1. The molecule has 0 saturated heterocycles. The molecule has 14 nitrogen and oxygen atoms in total. The minimum atomic E-state index is -1.52. The Balaban J connectivity index is 1.56. The number of halogens is 1. The van der Waals surface area contributed by atoms with Crippen LogP contribution in [0.1, 0.15) is 48.0 Å². The number of benzene rings is 2. The summed E-state index contributed by atoms with van der Waals surface area (Å²) in [6, 6.07) is 10.6. The number of aliphatic carboxylic acids is 3. The molecule has 3 atom stereocenters. The minimum absolute atomic E-state index is 0.0552. The number of fused-ring (bicyclic) bond motifs is 1. The minimum Gasteiger partial charge on any atom is -0.481 e. The summed E-state index contributed by atoms with van der Waals surface area (Å²) >= 11 is 0. The first kappa shape index (κ1) is 34.9. The molecule has 7 N–H and O–H groups in total. The fraction of sp³-hybridized carbons (Fsp3) is 0.323. The van der Waals surface area contributed by atoms with E-state index in [0.29, 0.717) is 6.42 Å². The van der Waals surface area contributed by atoms with Crippen molar-refractivity contribution in [3.05, 3.63) is 77.9 Å². The third kappa shape index (κ3) is 11.2. The lowest BCUT2D eigenvalue weighted by molar-refractivity contribution is -0.140. The zero-order chi connectivity index (χ0) is 33.6. The predicted octanol–water partition coefficient (Wildman–Crippen LogP) is 2.07. The monoisotopic (exact) mass is 639 g/mol. The van der Waals surface area contributed by atoms with Gasteiger partial charge in [0.1, 0.15) is 18.1 Å². The van der Waals surface area contributed by atoms with E-state index in [-0.39, 0.29) is 31.4 Å². The number of carboxylic acid groups (broad SMARTS) is 3. The number of unbranched alkanes of at least 4 members (excludes halogenated alkanes) is 1. The van der Waals surface area contributed by atoms with Crippen LogP contribution in [0.3, 0.4) is 0 Å². The van der Waals surface area contributed by atoms with E-state index in [1.54, 1.807) is 0 Å². The van der Waals surface area contributed by atoms with E-state index in [9.17, 15) is 43.4 Å². The standard InChI is InChI=1S/C31H34FN5O9/c32-25-12-10-21(17-34-25)27(40)35-24(16-18-8-9-19-5-1-2-6-20(19)15-18)28(41)33-14-4-3-7-22(29(42)43)36-31(46)37-23(30(44)45)11-13-26(38)39/h1-2,5-6,8-10,12,15,17,22-24H,3-4,7,11,13-14,16H2,(H,33,41)(H,35,40)(H,38,39)(H,42,43)(H,44,45)(H2,36,37,46). The van der Waals surface area contributed by atoms with E-state index in [1.807, 2.05) is 42.5 Å². The Labute approximate surface area is 262 Å². The Hall–Kier alpha value is -5.60. The number of carbonyl (C=O) groups is 6. The van der Waals surface area contributed by atoms with Gasteiger partial charge in [-0.1, -0.05) is 42.5 Å². The summed E-state index contributed by atoms with van der Waals surface area (Å²) in [5.41, 5.74) is 0.837. The number of carbonyl (C=O) groups excluding carboxylic acids is 3. The van der Waals surface area contributed by atoms with Gasteiger partial charge in [-0.3, -0.25) is 14.4 Å². The van der Waals surface area contributed by atoms with Gasteiger partial charge < -0.3 is 36.6 Å². The molecule has 0 aliphatic heterocycles. The Morgan fingerprint density at radius 3 is 2.07 bits per heavy atom. The smallest absolute Gasteiger partial charge is 0.326 e. The molecule has 2 aromatic carbocycles. The molecule has 3 aromatic rings. The largest absolute Gasteiger partial charge is 0.481 e. The van der Waals surface area contributed by atoms with Crippen molar-refractivity contribution < 1.29 is 48.5 Å². The van der Waals surface area contributed by atoms with Crippen molar-refractivity contribution in [1.82, 2.24) is 26.3 Å². The van der Waals surface area contributed by atoms with Gasteiger partial charge in [0, 0.05) is 25.6 Å². The normalized spacial score (nSPS) is 12.7. The van der Waals surface area contributed by atoms with Crippen molar-refractivity contribution in [2.45, 2.75) is 56.7 Å². The first-order valence-corrected chi connectivity index (χ1v) is 14.3. The molecule has 3 unspecified atom stereocenters.